The maximum Gasteiger partial charge on any atom is 0.0851 e. The predicted molar refractivity (Wildman–Crippen MR) is 50.0 cm³/mol. The van der Waals surface area contributed by atoms with E-state index in [1.54, 1.807) is 0 Å². The summed E-state index contributed by atoms with van der Waals surface area (Å²) < 4.78 is 0. The molecule has 0 unspecified atom stereocenters. The van der Waals surface area contributed by atoms with Crippen LogP contribution in [0.1, 0.15) is 13.3 Å². The highest BCUT2D eigenvalue weighted by Crippen LogP contribution is 2.15. The van der Waals surface area contributed by atoms with Gasteiger partial charge in [0.2, 0.25) is 0 Å². The van der Waals surface area contributed by atoms with E-state index in [4.69, 9.17) is 5.53 Å². The van der Waals surface area contributed by atoms with Crippen LogP contribution in [0.15, 0.2) is 29.4 Å². The molecule has 0 radical (unpaired) electrons. The zero-order valence-corrected chi connectivity index (χ0v) is 7.17. The van der Waals surface area contributed by atoms with Gasteiger partial charge >= 0.3 is 0 Å². The van der Waals surface area contributed by atoms with Crippen LogP contribution in [-0.2, 0) is 0 Å². The van der Waals surface area contributed by atoms with E-state index in [9.17, 15) is 0 Å². The Morgan fingerprint density at radius 3 is 2.50 bits per heavy atom. The van der Waals surface area contributed by atoms with Gasteiger partial charge in [-0.2, -0.15) is 5.11 Å². The SMILES string of the molecule is CCCNc1ccc(N=N)cc1. The monoisotopic (exact) mass is 163 g/mol. The standard InChI is InChI=1S/C9H13N3/c1-2-7-11-8-3-5-9(12-10)6-4-8/h3-6,10-11H,2,7H2,1H3. The van der Waals surface area contributed by atoms with E-state index in [0.29, 0.717) is 5.69 Å². The number of hydrogen-bond donors (Lipinski definition) is 2. The van der Waals surface area contributed by atoms with Crippen LogP contribution in [0, 0.1) is 5.53 Å². The van der Waals surface area contributed by atoms with Gasteiger partial charge in [0.1, 0.15) is 0 Å². The minimum absolute atomic E-state index is 0.692. The topological polar surface area (TPSA) is 48.2 Å². The van der Waals surface area contributed by atoms with Crippen molar-refractivity contribution in [1.29, 1.82) is 5.53 Å². The highest BCUT2D eigenvalue weighted by Gasteiger charge is 1.90. The first-order valence-corrected chi connectivity index (χ1v) is 4.08. The first-order chi connectivity index (χ1) is 5.86. The molecule has 0 heterocycles. The molecular formula is C9H13N3. The summed E-state index contributed by atoms with van der Waals surface area (Å²) >= 11 is 0. The molecule has 1 aromatic carbocycles. The van der Waals surface area contributed by atoms with E-state index in [1.165, 1.54) is 0 Å². The van der Waals surface area contributed by atoms with Gasteiger partial charge in [0.25, 0.3) is 0 Å². The number of nitrogens with one attached hydrogen (secondary N) is 2. The number of hydrogen-bond acceptors (Lipinski definition) is 3. The van der Waals surface area contributed by atoms with Crippen LogP contribution in [0.4, 0.5) is 11.4 Å². The van der Waals surface area contributed by atoms with Crippen LogP contribution in [0.5, 0.6) is 0 Å². The number of nitrogens with zero attached hydrogens (tertiary/aromatic N) is 1. The second-order valence-corrected chi connectivity index (χ2v) is 2.59. The Hall–Kier alpha value is -1.38. The van der Waals surface area contributed by atoms with Crippen molar-refractivity contribution < 1.29 is 0 Å². The molecule has 0 fully saturated rings. The third kappa shape index (κ3) is 2.34. The van der Waals surface area contributed by atoms with Crippen molar-refractivity contribution in [2.45, 2.75) is 13.3 Å². The lowest BCUT2D eigenvalue weighted by Gasteiger charge is -2.03. The lowest BCUT2D eigenvalue weighted by Crippen LogP contribution is -1.98. The van der Waals surface area contributed by atoms with Gasteiger partial charge in [-0.1, -0.05) is 6.92 Å². The zero-order chi connectivity index (χ0) is 8.81. The molecule has 0 aromatic heterocycles. The summed E-state index contributed by atoms with van der Waals surface area (Å²) in [5, 5.41) is 6.56. The van der Waals surface area contributed by atoms with Gasteiger partial charge in [-0.15, -0.1) is 0 Å². The first-order valence-electron chi connectivity index (χ1n) is 4.08. The third-order valence-corrected chi connectivity index (χ3v) is 1.58. The van der Waals surface area contributed by atoms with Crippen molar-refractivity contribution in [2.75, 3.05) is 11.9 Å². The van der Waals surface area contributed by atoms with Crippen molar-refractivity contribution in [3.8, 4) is 0 Å². The van der Waals surface area contributed by atoms with Crippen LogP contribution in [0.2, 0.25) is 0 Å². The van der Waals surface area contributed by atoms with E-state index in [1.807, 2.05) is 24.3 Å². The predicted octanol–water partition coefficient (Wildman–Crippen LogP) is 3.17. The average Bonchev–Trinajstić information content (AvgIpc) is 2.15. The van der Waals surface area contributed by atoms with Gasteiger partial charge < -0.3 is 5.32 Å². The average molecular weight is 163 g/mol. The fraction of sp³-hybridized carbons (Fsp3) is 0.333. The Bertz CT molecular complexity index is 240. The van der Waals surface area contributed by atoms with Crippen molar-refractivity contribution in [3.63, 3.8) is 0 Å². The van der Waals surface area contributed by atoms with E-state index in [2.05, 4.69) is 17.4 Å². The quantitative estimate of drug-likeness (QED) is 0.658. The Kier molecular flexibility index (Phi) is 3.26. The molecule has 1 aromatic rings. The molecule has 3 nitrogen and oxygen atoms in total. The minimum Gasteiger partial charge on any atom is -0.385 e. The lowest BCUT2D eigenvalue weighted by molar-refractivity contribution is 0.979. The number of anilines is 1. The highest BCUT2D eigenvalue weighted by molar-refractivity contribution is 5.50. The van der Waals surface area contributed by atoms with Crippen LogP contribution >= 0.6 is 0 Å². The Balaban J connectivity index is 2.58. The molecule has 0 aliphatic carbocycles. The van der Waals surface area contributed by atoms with Crippen LogP contribution < -0.4 is 5.32 Å². The summed E-state index contributed by atoms with van der Waals surface area (Å²) in [5.41, 5.74) is 8.54. The maximum atomic E-state index is 6.76. The molecule has 0 bridgehead atoms. The molecule has 12 heavy (non-hydrogen) atoms. The summed E-state index contributed by atoms with van der Waals surface area (Å²) in [6.45, 7) is 3.11. The molecule has 0 saturated carbocycles. The smallest absolute Gasteiger partial charge is 0.0851 e. The molecule has 3 heteroatoms. The second kappa shape index (κ2) is 4.49. The molecular weight excluding hydrogens is 150 g/mol. The van der Waals surface area contributed by atoms with Crippen LogP contribution in [0.25, 0.3) is 0 Å². The minimum atomic E-state index is 0.692. The molecule has 1 rings (SSSR count). The van der Waals surface area contributed by atoms with Crippen LogP contribution in [-0.4, -0.2) is 6.54 Å². The molecule has 0 aliphatic rings. The zero-order valence-electron chi connectivity index (χ0n) is 7.17. The summed E-state index contributed by atoms with van der Waals surface area (Å²) in [4.78, 5) is 0. The van der Waals surface area contributed by atoms with E-state index in [0.717, 1.165) is 18.7 Å². The summed E-state index contributed by atoms with van der Waals surface area (Å²) in [6, 6.07) is 7.52. The van der Waals surface area contributed by atoms with Gasteiger partial charge in [0.05, 0.1) is 5.69 Å². The Morgan fingerprint density at radius 2 is 2.00 bits per heavy atom. The molecule has 0 amide bonds. The molecule has 64 valence electrons. The van der Waals surface area contributed by atoms with Crippen LogP contribution in [0.3, 0.4) is 0 Å². The van der Waals surface area contributed by atoms with Gasteiger partial charge in [-0.05, 0) is 30.7 Å². The Morgan fingerprint density at radius 1 is 1.33 bits per heavy atom. The molecule has 0 atom stereocenters. The normalized spacial score (nSPS) is 9.42. The van der Waals surface area contributed by atoms with E-state index < -0.39 is 0 Å². The van der Waals surface area contributed by atoms with Gasteiger partial charge in [-0.25, -0.2) is 5.53 Å². The van der Waals surface area contributed by atoms with Gasteiger partial charge in [0, 0.05) is 12.2 Å². The molecule has 0 spiro atoms. The Labute approximate surface area is 72.3 Å². The molecule has 0 saturated heterocycles. The summed E-state index contributed by atoms with van der Waals surface area (Å²) in [5.74, 6) is 0. The summed E-state index contributed by atoms with van der Waals surface area (Å²) in [6.07, 6.45) is 1.12. The molecule has 2 N–H and O–H groups in total. The number of rotatable bonds is 4. The van der Waals surface area contributed by atoms with Crippen molar-refractivity contribution in [2.24, 2.45) is 5.11 Å². The van der Waals surface area contributed by atoms with E-state index >= 15 is 0 Å². The third-order valence-electron chi connectivity index (χ3n) is 1.58. The fourth-order valence-electron chi connectivity index (χ4n) is 0.923. The fourth-order valence-corrected chi connectivity index (χ4v) is 0.923. The first kappa shape index (κ1) is 8.71. The number of benzene rings is 1. The largest absolute Gasteiger partial charge is 0.385 e. The van der Waals surface area contributed by atoms with E-state index in [-0.39, 0.29) is 0 Å². The van der Waals surface area contributed by atoms with Crippen molar-refractivity contribution in [3.05, 3.63) is 24.3 Å². The van der Waals surface area contributed by atoms with Crippen molar-refractivity contribution in [1.82, 2.24) is 0 Å². The highest BCUT2D eigenvalue weighted by atomic mass is 15.0. The summed E-state index contributed by atoms with van der Waals surface area (Å²) in [7, 11) is 0. The lowest BCUT2D eigenvalue weighted by atomic mass is 10.3. The maximum absolute atomic E-state index is 6.76. The second-order valence-electron chi connectivity index (χ2n) is 2.59. The van der Waals surface area contributed by atoms with Gasteiger partial charge in [-0.3, -0.25) is 0 Å². The van der Waals surface area contributed by atoms with Gasteiger partial charge in [0.15, 0.2) is 0 Å². The van der Waals surface area contributed by atoms with Crippen molar-refractivity contribution >= 4 is 11.4 Å². The molecule has 0 aliphatic heterocycles.